The molecule has 1 aliphatic rings. The summed E-state index contributed by atoms with van der Waals surface area (Å²) in [6.45, 7) is 1.34. The summed E-state index contributed by atoms with van der Waals surface area (Å²) in [5, 5.41) is -1.45. The first-order chi connectivity index (χ1) is 9.32. The quantitative estimate of drug-likeness (QED) is 0.580. The number of halogens is 1. The molecule has 1 aliphatic heterocycles. The van der Waals surface area contributed by atoms with Gasteiger partial charge in [-0.3, -0.25) is 9.69 Å². The van der Waals surface area contributed by atoms with Gasteiger partial charge in [0.2, 0.25) is 11.7 Å². The molecule has 10 heteroatoms. The minimum atomic E-state index is -4.82. The fourth-order valence-corrected chi connectivity index (χ4v) is 2.40. The molecule has 0 radical (unpaired) electrons. The van der Waals surface area contributed by atoms with Gasteiger partial charge in [-0.05, 0) is 6.92 Å². The molecule has 1 aromatic rings. The number of carbonyl (C=O) groups excluding carboxylic acids is 2. The summed E-state index contributed by atoms with van der Waals surface area (Å²) in [7, 11) is -4.82. The van der Waals surface area contributed by atoms with E-state index in [0.29, 0.717) is 0 Å². The lowest BCUT2D eigenvalue weighted by atomic mass is 10.4. The van der Waals surface area contributed by atoms with Crippen molar-refractivity contribution in [3.05, 3.63) is 12.0 Å². The third-order valence-corrected chi connectivity index (χ3v) is 3.80. The third-order valence-electron chi connectivity index (χ3n) is 2.69. The van der Waals surface area contributed by atoms with Crippen molar-refractivity contribution in [2.45, 2.75) is 18.6 Å². The number of carbonyl (C=O) groups is 2. The molecule has 0 bridgehead atoms. The third kappa shape index (κ3) is 2.79. The van der Waals surface area contributed by atoms with Crippen molar-refractivity contribution >= 4 is 28.1 Å². The highest BCUT2D eigenvalue weighted by atomic mass is 32.3. The van der Waals surface area contributed by atoms with Crippen molar-refractivity contribution < 1.29 is 31.0 Å². The van der Waals surface area contributed by atoms with E-state index in [1.807, 2.05) is 0 Å². The van der Waals surface area contributed by atoms with Crippen molar-refractivity contribution in [2.75, 3.05) is 18.1 Å². The summed E-state index contributed by atoms with van der Waals surface area (Å²) >= 11 is 0. The summed E-state index contributed by atoms with van der Waals surface area (Å²) in [5.74, 6) is -1.62. The van der Waals surface area contributed by atoms with E-state index in [1.54, 1.807) is 6.92 Å². The molecule has 1 atom stereocenters. The van der Waals surface area contributed by atoms with Crippen molar-refractivity contribution in [3.63, 3.8) is 0 Å². The summed E-state index contributed by atoms with van der Waals surface area (Å²) in [5.41, 5.74) is 0. The molecular formula is C10H11FN2O6S. The molecule has 1 fully saturated rings. The Bertz CT molecular complexity index is 640. The largest absolute Gasteiger partial charge is 0.460 e. The summed E-state index contributed by atoms with van der Waals surface area (Å²) < 4.78 is 44.1. The molecule has 0 saturated carbocycles. The first-order valence-corrected chi connectivity index (χ1v) is 7.14. The van der Waals surface area contributed by atoms with Crippen LogP contribution in [0.3, 0.4) is 0 Å². The topological polar surface area (TPSA) is 107 Å². The number of esters is 1. The van der Waals surface area contributed by atoms with Crippen molar-refractivity contribution in [1.82, 2.24) is 4.98 Å². The maximum atomic E-state index is 12.9. The molecule has 0 spiro atoms. The number of rotatable bonds is 4. The average Bonchev–Trinajstić information content (AvgIpc) is 2.94. The van der Waals surface area contributed by atoms with Gasteiger partial charge in [-0.2, -0.15) is 8.42 Å². The van der Waals surface area contributed by atoms with E-state index in [0.717, 1.165) is 11.1 Å². The Hall–Kier alpha value is -1.97. The number of hydrogen-bond acceptors (Lipinski definition) is 7. The van der Waals surface area contributed by atoms with E-state index in [1.165, 1.54) is 0 Å². The smallest absolute Gasteiger partial charge is 0.376 e. The van der Waals surface area contributed by atoms with Gasteiger partial charge in [-0.1, -0.05) is 0 Å². The summed E-state index contributed by atoms with van der Waals surface area (Å²) in [6, 6.07) is -0.260. The number of hydrogen-bond donors (Lipinski definition) is 0. The van der Waals surface area contributed by atoms with Crippen molar-refractivity contribution in [1.29, 1.82) is 0 Å². The number of oxazole rings is 1. The van der Waals surface area contributed by atoms with Crippen LogP contribution in [0.5, 0.6) is 0 Å². The van der Waals surface area contributed by atoms with Crippen LogP contribution in [-0.4, -0.2) is 43.7 Å². The lowest BCUT2D eigenvalue weighted by molar-refractivity contribution is -0.117. The highest BCUT2D eigenvalue weighted by Gasteiger charge is 2.41. The van der Waals surface area contributed by atoms with Crippen LogP contribution in [0, 0.1) is 0 Å². The van der Waals surface area contributed by atoms with Crippen LogP contribution in [0.4, 0.5) is 9.90 Å². The predicted octanol–water partition coefficient (Wildman–Crippen LogP) is 0.256. The average molecular weight is 306 g/mol. The molecule has 0 aromatic carbocycles. The number of aromatic nitrogens is 1. The molecule has 0 N–H and O–H groups in total. The Morgan fingerprint density at radius 1 is 1.65 bits per heavy atom. The molecular weight excluding hydrogens is 295 g/mol. The van der Waals surface area contributed by atoms with Gasteiger partial charge in [0, 0.05) is 6.42 Å². The lowest BCUT2D eigenvalue weighted by Crippen LogP contribution is -2.27. The SMILES string of the molecule is CCOC(=O)c1cnc(N2CC(S(=O)(=O)F)CC2=O)o1. The molecule has 1 amide bonds. The Kier molecular flexibility index (Phi) is 3.75. The fraction of sp³-hybridized carbons (Fsp3) is 0.500. The standard InChI is InChI=1S/C10H11FN2O6S/c1-2-18-9(15)7-4-12-10(19-7)13-5-6(3-8(13)14)20(11,16)17/h4,6H,2-3,5H2,1H3. The van der Waals surface area contributed by atoms with E-state index in [-0.39, 0.29) is 18.4 Å². The summed E-state index contributed by atoms with van der Waals surface area (Å²) in [6.07, 6.45) is 0.563. The highest BCUT2D eigenvalue weighted by Crippen LogP contribution is 2.25. The van der Waals surface area contributed by atoms with Crippen molar-refractivity contribution in [3.8, 4) is 0 Å². The first-order valence-electron chi connectivity index (χ1n) is 5.69. The predicted molar refractivity (Wildman–Crippen MR) is 63.2 cm³/mol. The fourth-order valence-electron chi connectivity index (χ4n) is 1.73. The van der Waals surface area contributed by atoms with Crippen molar-refractivity contribution in [2.24, 2.45) is 0 Å². The van der Waals surface area contributed by atoms with Crippen LogP contribution in [0.1, 0.15) is 23.9 Å². The molecule has 2 rings (SSSR count). The molecule has 20 heavy (non-hydrogen) atoms. The van der Waals surface area contributed by atoms with Gasteiger partial charge in [0.15, 0.2) is 0 Å². The summed E-state index contributed by atoms with van der Waals surface area (Å²) in [4.78, 5) is 27.5. The van der Waals surface area contributed by atoms with Crippen LogP contribution < -0.4 is 4.90 Å². The van der Waals surface area contributed by atoms with Gasteiger partial charge in [-0.25, -0.2) is 9.78 Å². The molecule has 8 nitrogen and oxygen atoms in total. The Morgan fingerprint density at radius 3 is 2.90 bits per heavy atom. The van der Waals surface area contributed by atoms with Crippen LogP contribution in [0.15, 0.2) is 10.6 Å². The highest BCUT2D eigenvalue weighted by molar-refractivity contribution is 7.87. The number of ether oxygens (including phenoxy) is 1. The molecule has 0 aliphatic carbocycles. The second kappa shape index (κ2) is 5.19. The van der Waals surface area contributed by atoms with Gasteiger partial charge in [0.1, 0.15) is 5.25 Å². The normalized spacial score (nSPS) is 19.4. The molecule has 1 unspecified atom stereocenters. The first kappa shape index (κ1) is 14.4. The maximum Gasteiger partial charge on any atom is 0.376 e. The minimum Gasteiger partial charge on any atom is -0.460 e. The number of nitrogens with zero attached hydrogens (tertiary/aromatic N) is 2. The second-order valence-electron chi connectivity index (χ2n) is 4.03. The van der Waals surface area contributed by atoms with Gasteiger partial charge in [-0.15, -0.1) is 3.89 Å². The van der Waals surface area contributed by atoms with Gasteiger partial charge < -0.3 is 9.15 Å². The maximum absolute atomic E-state index is 12.9. The lowest BCUT2D eigenvalue weighted by Gasteiger charge is -2.09. The Morgan fingerprint density at radius 2 is 2.35 bits per heavy atom. The Labute approximate surface area is 113 Å². The minimum absolute atomic E-state index is 0.139. The molecule has 1 saturated heterocycles. The monoisotopic (exact) mass is 306 g/mol. The van der Waals surface area contributed by atoms with Crippen LogP contribution >= 0.6 is 0 Å². The van der Waals surface area contributed by atoms with E-state index in [4.69, 9.17) is 4.42 Å². The van der Waals surface area contributed by atoms with E-state index in [2.05, 4.69) is 9.72 Å². The zero-order valence-electron chi connectivity index (χ0n) is 10.4. The van der Waals surface area contributed by atoms with Gasteiger partial charge in [0.25, 0.3) is 0 Å². The van der Waals surface area contributed by atoms with E-state index >= 15 is 0 Å². The van der Waals surface area contributed by atoms with E-state index < -0.39 is 40.3 Å². The Balaban J connectivity index is 2.17. The van der Waals surface area contributed by atoms with Gasteiger partial charge in [0.05, 0.1) is 19.3 Å². The molecule has 110 valence electrons. The van der Waals surface area contributed by atoms with Crippen LogP contribution in [0.25, 0.3) is 0 Å². The van der Waals surface area contributed by atoms with E-state index in [9.17, 15) is 21.9 Å². The number of anilines is 1. The second-order valence-corrected chi connectivity index (χ2v) is 5.65. The van der Waals surface area contributed by atoms with Gasteiger partial charge >= 0.3 is 22.2 Å². The van der Waals surface area contributed by atoms with Crippen LogP contribution in [-0.2, 0) is 19.8 Å². The zero-order chi connectivity index (χ0) is 14.9. The van der Waals surface area contributed by atoms with Crippen LogP contribution in [0.2, 0.25) is 0 Å². The molecule has 2 heterocycles. The molecule has 1 aromatic heterocycles. The number of amides is 1. The zero-order valence-corrected chi connectivity index (χ0v) is 11.2.